The number of carbonyl (C=O) groups is 1. The summed E-state index contributed by atoms with van der Waals surface area (Å²) in [5.74, 6) is -0.138. The van der Waals surface area contributed by atoms with E-state index in [9.17, 15) is 9.90 Å². The minimum absolute atomic E-state index is 0.138. The monoisotopic (exact) mass is 189 g/mol. The molecule has 1 amide bonds. The predicted molar refractivity (Wildman–Crippen MR) is 52.1 cm³/mol. The maximum absolute atomic E-state index is 11.3. The molecule has 0 radical (unpaired) electrons. The van der Waals surface area contributed by atoms with Crippen molar-refractivity contribution in [3.8, 4) is 0 Å². The van der Waals surface area contributed by atoms with E-state index < -0.39 is 6.23 Å². The van der Waals surface area contributed by atoms with Crippen LogP contribution in [-0.4, -0.2) is 22.1 Å². The van der Waals surface area contributed by atoms with Gasteiger partial charge in [-0.15, -0.1) is 0 Å². The molecule has 1 aromatic carbocycles. The quantitative estimate of drug-likeness (QED) is 0.751. The second-order valence-electron chi connectivity index (χ2n) is 3.22. The lowest BCUT2D eigenvalue weighted by Crippen LogP contribution is -2.32. The lowest BCUT2D eigenvalue weighted by molar-refractivity contribution is -0.131. The smallest absolute Gasteiger partial charge is 0.248 e. The Bertz CT molecular complexity index is 359. The maximum atomic E-state index is 11.3. The van der Waals surface area contributed by atoms with Gasteiger partial charge in [-0.05, 0) is 11.6 Å². The van der Waals surface area contributed by atoms with Crippen LogP contribution in [-0.2, 0) is 11.3 Å². The minimum atomic E-state index is -0.775. The molecule has 1 unspecified atom stereocenters. The molecule has 1 aliphatic rings. The van der Waals surface area contributed by atoms with Crippen LogP contribution in [0.15, 0.2) is 42.5 Å². The Morgan fingerprint density at radius 1 is 1.29 bits per heavy atom. The van der Waals surface area contributed by atoms with Crippen molar-refractivity contribution in [2.24, 2.45) is 0 Å². The molecule has 3 nitrogen and oxygen atoms in total. The Hall–Kier alpha value is -1.61. The topological polar surface area (TPSA) is 40.5 Å². The third-order valence-electron chi connectivity index (χ3n) is 2.21. The summed E-state index contributed by atoms with van der Waals surface area (Å²) in [4.78, 5) is 12.7. The largest absolute Gasteiger partial charge is 0.370 e. The Kier molecular flexibility index (Phi) is 2.33. The van der Waals surface area contributed by atoms with Gasteiger partial charge in [0.2, 0.25) is 5.91 Å². The van der Waals surface area contributed by atoms with Crippen LogP contribution in [0, 0.1) is 0 Å². The highest BCUT2D eigenvalue weighted by atomic mass is 16.3. The van der Waals surface area contributed by atoms with E-state index in [0.29, 0.717) is 6.54 Å². The maximum Gasteiger partial charge on any atom is 0.248 e. The zero-order valence-electron chi connectivity index (χ0n) is 7.63. The predicted octanol–water partition coefficient (Wildman–Crippen LogP) is 0.903. The molecule has 1 aromatic rings. The fourth-order valence-electron chi connectivity index (χ4n) is 1.45. The number of hydrogen-bond donors (Lipinski definition) is 1. The van der Waals surface area contributed by atoms with E-state index in [1.54, 1.807) is 0 Å². The van der Waals surface area contributed by atoms with Crippen molar-refractivity contribution >= 4 is 5.91 Å². The molecule has 72 valence electrons. The summed E-state index contributed by atoms with van der Waals surface area (Å²) >= 11 is 0. The first-order valence-corrected chi connectivity index (χ1v) is 4.48. The average Bonchev–Trinajstić information content (AvgIpc) is 2.51. The molecule has 0 spiro atoms. The zero-order chi connectivity index (χ0) is 9.97. The molecule has 1 heterocycles. The highest BCUT2D eigenvalue weighted by Gasteiger charge is 2.23. The number of benzene rings is 1. The lowest BCUT2D eigenvalue weighted by atomic mass is 10.2. The van der Waals surface area contributed by atoms with Gasteiger partial charge in [0, 0.05) is 12.6 Å². The Morgan fingerprint density at radius 3 is 2.57 bits per heavy atom. The Labute approximate surface area is 82.3 Å². The molecule has 1 atom stereocenters. The van der Waals surface area contributed by atoms with Gasteiger partial charge in [-0.3, -0.25) is 4.79 Å². The normalized spacial score (nSPS) is 20.5. The summed E-state index contributed by atoms with van der Waals surface area (Å²) in [5, 5.41) is 9.44. The van der Waals surface area contributed by atoms with E-state index in [1.165, 1.54) is 17.1 Å². The molecule has 0 saturated heterocycles. The third-order valence-corrected chi connectivity index (χ3v) is 2.21. The van der Waals surface area contributed by atoms with Crippen molar-refractivity contribution in [1.29, 1.82) is 0 Å². The number of rotatable bonds is 2. The SMILES string of the molecule is O=C1C=CC(O)N1Cc1ccccc1. The standard InChI is InChI=1S/C11H11NO2/c13-10-6-7-11(14)12(10)8-9-4-2-1-3-5-9/h1-7,10,13H,8H2. The van der Waals surface area contributed by atoms with Gasteiger partial charge in [0.05, 0.1) is 0 Å². The number of carbonyl (C=O) groups excluding carboxylic acids is 1. The molecule has 0 fully saturated rings. The van der Waals surface area contributed by atoms with Crippen molar-refractivity contribution in [1.82, 2.24) is 4.90 Å². The van der Waals surface area contributed by atoms with Crippen LogP contribution in [0.2, 0.25) is 0 Å². The van der Waals surface area contributed by atoms with Crippen LogP contribution >= 0.6 is 0 Å². The molecule has 0 bridgehead atoms. The summed E-state index contributed by atoms with van der Waals surface area (Å²) in [6, 6.07) is 9.60. The van der Waals surface area contributed by atoms with Crippen LogP contribution in [0.4, 0.5) is 0 Å². The van der Waals surface area contributed by atoms with E-state index >= 15 is 0 Å². The molecule has 0 aromatic heterocycles. The van der Waals surface area contributed by atoms with Gasteiger partial charge < -0.3 is 10.0 Å². The van der Waals surface area contributed by atoms with E-state index in [0.717, 1.165) is 5.56 Å². The van der Waals surface area contributed by atoms with E-state index in [1.807, 2.05) is 30.3 Å². The van der Waals surface area contributed by atoms with Gasteiger partial charge in [0.25, 0.3) is 0 Å². The van der Waals surface area contributed by atoms with Gasteiger partial charge in [-0.2, -0.15) is 0 Å². The lowest BCUT2D eigenvalue weighted by Gasteiger charge is -2.20. The van der Waals surface area contributed by atoms with Gasteiger partial charge in [-0.1, -0.05) is 30.3 Å². The van der Waals surface area contributed by atoms with Crippen LogP contribution in [0.5, 0.6) is 0 Å². The fraction of sp³-hybridized carbons (Fsp3) is 0.182. The molecule has 3 heteroatoms. The molecule has 2 rings (SSSR count). The summed E-state index contributed by atoms with van der Waals surface area (Å²) in [6.45, 7) is 0.452. The molecule has 0 saturated carbocycles. The number of amides is 1. The molecular formula is C11H11NO2. The van der Waals surface area contributed by atoms with E-state index in [4.69, 9.17) is 0 Å². The number of nitrogens with zero attached hydrogens (tertiary/aromatic N) is 1. The van der Waals surface area contributed by atoms with Gasteiger partial charge in [0.1, 0.15) is 6.23 Å². The van der Waals surface area contributed by atoms with E-state index in [2.05, 4.69) is 0 Å². The highest BCUT2D eigenvalue weighted by Crippen LogP contribution is 2.13. The fourth-order valence-corrected chi connectivity index (χ4v) is 1.45. The van der Waals surface area contributed by atoms with Crippen molar-refractivity contribution in [3.63, 3.8) is 0 Å². The Morgan fingerprint density at radius 2 is 2.00 bits per heavy atom. The second kappa shape index (κ2) is 3.64. The minimum Gasteiger partial charge on any atom is -0.370 e. The zero-order valence-corrected chi connectivity index (χ0v) is 7.63. The van der Waals surface area contributed by atoms with Crippen molar-refractivity contribution in [2.45, 2.75) is 12.8 Å². The first-order valence-electron chi connectivity index (χ1n) is 4.48. The second-order valence-corrected chi connectivity index (χ2v) is 3.22. The first kappa shape index (κ1) is 8.97. The Balaban J connectivity index is 2.09. The van der Waals surface area contributed by atoms with Crippen molar-refractivity contribution in [3.05, 3.63) is 48.0 Å². The summed E-state index contributed by atoms with van der Waals surface area (Å²) in [7, 11) is 0. The number of aliphatic hydroxyl groups is 1. The van der Waals surface area contributed by atoms with Crippen LogP contribution in [0.3, 0.4) is 0 Å². The van der Waals surface area contributed by atoms with Crippen LogP contribution < -0.4 is 0 Å². The molecule has 1 N–H and O–H groups in total. The molecule has 0 aliphatic carbocycles. The third kappa shape index (κ3) is 1.67. The summed E-state index contributed by atoms with van der Waals surface area (Å²) in [5.41, 5.74) is 1.02. The van der Waals surface area contributed by atoms with Crippen molar-refractivity contribution < 1.29 is 9.90 Å². The summed E-state index contributed by atoms with van der Waals surface area (Å²) in [6.07, 6.45) is 2.11. The molecule has 14 heavy (non-hydrogen) atoms. The van der Waals surface area contributed by atoms with Gasteiger partial charge in [-0.25, -0.2) is 0 Å². The van der Waals surface area contributed by atoms with E-state index in [-0.39, 0.29) is 5.91 Å². The van der Waals surface area contributed by atoms with Gasteiger partial charge >= 0.3 is 0 Å². The van der Waals surface area contributed by atoms with Gasteiger partial charge in [0.15, 0.2) is 0 Å². The molecular weight excluding hydrogens is 178 g/mol. The first-order chi connectivity index (χ1) is 6.77. The summed E-state index contributed by atoms with van der Waals surface area (Å²) < 4.78 is 0. The average molecular weight is 189 g/mol. The number of hydrogen-bond acceptors (Lipinski definition) is 2. The highest BCUT2D eigenvalue weighted by molar-refractivity contribution is 5.90. The van der Waals surface area contributed by atoms with Crippen molar-refractivity contribution in [2.75, 3.05) is 0 Å². The molecule has 1 aliphatic heterocycles. The van der Waals surface area contributed by atoms with Crippen LogP contribution in [0.1, 0.15) is 5.56 Å². The van der Waals surface area contributed by atoms with Crippen LogP contribution in [0.25, 0.3) is 0 Å². The number of aliphatic hydroxyl groups excluding tert-OH is 1.